The molecule has 1 saturated carbocycles. The molecule has 1 atom stereocenters. The van der Waals surface area contributed by atoms with Crippen LogP contribution in [0.15, 0.2) is 28.7 Å². The zero-order chi connectivity index (χ0) is 12.0. The maximum absolute atomic E-state index is 13.1. The van der Waals surface area contributed by atoms with Crippen LogP contribution in [0.25, 0.3) is 11.0 Å². The largest absolute Gasteiger partial charge is 0.460 e. The number of rotatable bonds is 1. The zero-order valence-corrected chi connectivity index (χ0v) is 9.63. The fourth-order valence-electron chi connectivity index (χ4n) is 2.55. The fourth-order valence-corrected chi connectivity index (χ4v) is 2.55. The van der Waals surface area contributed by atoms with E-state index in [9.17, 15) is 9.18 Å². The highest BCUT2D eigenvalue weighted by molar-refractivity contribution is 5.83. The van der Waals surface area contributed by atoms with Crippen molar-refractivity contribution in [2.75, 3.05) is 0 Å². The molecule has 2 aromatic rings. The predicted molar refractivity (Wildman–Crippen MR) is 62.4 cm³/mol. The van der Waals surface area contributed by atoms with Crippen molar-refractivity contribution in [3.63, 3.8) is 0 Å². The Morgan fingerprint density at radius 1 is 1.35 bits per heavy atom. The van der Waals surface area contributed by atoms with Gasteiger partial charge in [-0.25, -0.2) is 4.39 Å². The van der Waals surface area contributed by atoms with Crippen LogP contribution in [0.5, 0.6) is 0 Å². The van der Waals surface area contributed by atoms with Crippen LogP contribution >= 0.6 is 0 Å². The van der Waals surface area contributed by atoms with Gasteiger partial charge in [-0.3, -0.25) is 4.79 Å². The molecule has 17 heavy (non-hydrogen) atoms. The Kier molecular flexibility index (Phi) is 2.12. The number of benzene rings is 1. The Hall–Kier alpha value is -1.64. The highest BCUT2D eigenvalue weighted by atomic mass is 19.1. The van der Waals surface area contributed by atoms with Gasteiger partial charge in [-0.2, -0.15) is 0 Å². The molecule has 1 heterocycles. The zero-order valence-electron chi connectivity index (χ0n) is 9.63. The number of ketones is 1. The third-order valence-electron chi connectivity index (χ3n) is 3.62. The van der Waals surface area contributed by atoms with Crippen molar-refractivity contribution >= 4 is 16.8 Å². The molecule has 1 aliphatic rings. The molecule has 0 radical (unpaired) electrons. The van der Waals surface area contributed by atoms with E-state index in [2.05, 4.69) is 0 Å². The lowest BCUT2D eigenvalue weighted by molar-refractivity contribution is -0.117. The molecule has 0 aliphatic heterocycles. The summed E-state index contributed by atoms with van der Waals surface area (Å²) in [5.41, 5.74) is 0.467. The molecule has 0 spiro atoms. The summed E-state index contributed by atoms with van der Waals surface area (Å²) in [5.74, 6) is 0.806. The molecule has 3 heteroatoms. The summed E-state index contributed by atoms with van der Waals surface area (Å²) < 4.78 is 18.8. The number of hydrogen-bond donors (Lipinski definition) is 0. The summed E-state index contributed by atoms with van der Waals surface area (Å²) in [4.78, 5) is 11.4. The van der Waals surface area contributed by atoms with E-state index in [1.165, 1.54) is 12.1 Å². The Labute approximate surface area is 98.4 Å². The van der Waals surface area contributed by atoms with Gasteiger partial charge in [-0.05, 0) is 30.7 Å². The number of Topliss-reactive ketones (excluding diaryl/α,β-unsaturated/α-hetero) is 1. The molecular formula is C14H13FO2. The van der Waals surface area contributed by atoms with Crippen molar-refractivity contribution in [2.45, 2.75) is 31.6 Å². The molecule has 1 aliphatic carbocycles. The normalized spacial score (nSPS) is 24.7. The summed E-state index contributed by atoms with van der Waals surface area (Å²) in [6.07, 6.45) is 1.95. The van der Waals surface area contributed by atoms with E-state index < -0.39 is 0 Å². The van der Waals surface area contributed by atoms with Crippen molar-refractivity contribution in [2.24, 2.45) is 0 Å². The summed E-state index contributed by atoms with van der Waals surface area (Å²) in [6.45, 7) is 2.03. The van der Waals surface area contributed by atoms with E-state index in [1.54, 1.807) is 6.07 Å². The van der Waals surface area contributed by atoms with E-state index in [1.807, 2.05) is 13.0 Å². The Morgan fingerprint density at radius 2 is 2.18 bits per heavy atom. The van der Waals surface area contributed by atoms with Crippen molar-refractivity contribution in [3.8, 4) is 0 Å². The molecule has 88 valence electrons. The van der Waals surface area contributed by atoms with Crippen molar-refractivity contribution in [1.82, 2.24) is 0 Å². The van der Waals surface area contributed by atoms with Gasteiger partial charge in [0.2, 0.25) is 0 Å². The quantitative estimate of drug-likeness (QED) is 0.752. The lowest BCUT2D eigenvalue weighted by atomic mass is 9.86. The van der Waals surface area contributed by atoms with Gasteiger partial charge in [0, 0.05) is 23.6 Å². The molecule has 3 rings (SSSR count). The van der Waals surface area contributed by atoms with Crippen molar-refractivity contribution in [3.05, 3.63) is 35.8 Å². The average molecular weight is 232 g/mol. The van der Waals surface area contributed by atoms with Gasteiger partial charge < -0.3 is 4.42 Å². The summed E-state index contributed by atoms with van der Waals surface area (Å²) >= 11 is 0. The smallest absolute Gasteiger partial charge is 0.134 e. The van der Waals surface area contributed by atoms with Gasteiger partial charge in [0.15, 0.2) is 0 Å². The minimum atomic E-state index is -0.266. The van der Waals surface area contributed by atoms with Gasteiger partial charge in [-0.1, -0.05) is 6.92 Å². The second-order valence-electron chi connectivity index (χ2n) is 5.07. The van der Waals surface area contributed by atoms with Gasteiger partial charge in [-0.15, -0.1) is 0 Å². The maximum Gasteiger partial charge on any atom is 0.134 e. The first-order chi connectivity index (χ1) is 8.07. The van der Waals surface area contributed by atoms with Gasteiger partial charge in [0.25, 0.3) is 0 Å². The molecule has 2 nitrogen and oxygen atoms in total. The molecule has 1 aromatic carbocycles. The lowest BCUT2D eigenvalue weighted by Gasteiger charge is -2.18. The molecule has 1 aromatic heterocycles. The highest BCUT2D eigenvalue weighted by Crippen LogP contribution is 2.41. The topological polar surface area (TPSA) is 30.2 Å². The lowest BCUT2D eigenvalue weighted by Crippen LogP contribution is -2.16. The maximum atomic E-state index is 13.1. The number of carbonyl (C=O) groups is 1. The average Bonchev–Trinajstić information content (AvgIpc) is 2.83. The predicted octanol–water partition coefficient (Wildman–Crippen LogP) is 3.58. The summed E-state index contributed by atoms with van der Waals surface area (Å²) in [6, 6.07) is 6.34. The molecule has 0 N–H and O–H groups in total. The first-order valence-electron chi connectivity index (χ1n) is 5.78. The van der Waals surface area contributed by atoms with E-state index in [4.69, 9.17) is 4.42 Å². The molecule has 1 unspecified atom stereocenters. The molecule has 0 amide bonds. The van der Waals surface area contributed by atoms with Crippen LogP contribution in [-0.4, -0.2) is 5.78 Å². The standard InChI is InChI=1S/C14H13FO2/c1-14(5-4-11(16)8-14)13-7-9-6-10(15)2-3-12(9)17-13/h2-3,6-7H,4-5,8H2,1H3. The first kappa shape index (κ1) is 10.5. The van der Waals surface area contributed by atoms with Crippen LogP contribution in [0.3, 0.4) is 0 Å². The second kappa shape index (κ2) is 3.42. The van der Waals surface area contributed by atoms with Crippen LogP contribution in [0.1, 0.15) is 31.9 Å². The number of fused-ring (bicyclic) bond motifs is 1. The Balaban J connectivity index is 2.09. The van der Waals surface area contributed by atoms with Crippen LogP contribution < -0.4 is 0 Å². The Morgan fingerprint density at radius 3 is 2.88 bits per heavy atom. The number of halogens is 1. The highest BCUT2D eigenvalue weighted by Gasteiger charge is 2.38. The fraction of sp³-hybridized carbons (Fsp3) is 0.357. The van der Waals surface area contributed by atoms with Gasteiger partial charge in [0.05, 0.1) is 0 Å². The van der Waals surface area contributed by atoms with Crippen molar-refractivity contribution in [1.29, 1.82) is 0 Å². The van der Waals surface area contributed by atoms with E-state index >= 15 is 0 Å². The molecule has 0 saturated heterocycles. The van der Waals surface area contributed by atoms with Crippen LogP contribution in [-0.2, 0) is 10.2 Å². The van der Waals surface area contributed by atoms with Crippen LogP contribution in [0.2, 0.25) is 0 Å². The number of hydrogen-bond acceptors (Lipinski definition) is 2. The SMILES string of the molecule is CC1(c2cc3cc(F)ccc3o2)CCC(=O)C1. The Bertz CT molecular complexity index is 599. The summed E-state index contributed by atoms with van der Waals surface area (Å²) in [5, 5.41) is 0.764. The van der Waals surface area contributed by atoms with E-state index in [-0.39, 0.29) is 17.0 Å². The monoisotopic (exact) mass is 232 g/mol. The third-order valence-corrected chi connectivity index (χ3v) is 3.62. The number of carbonyl (C=O) groups excluding carboxylic acids is 1. The minimum absolute atomic E-state index is 0.216. The van der Waals surface area contributed by atoms with E-state index in [0.29, 0.717) is 18.4 Å². The third kappa shape index (κ3) is 1.66. The van der Waals surface area contributed by atoms with E-state index in [0.717, 1.165) is 17.6 Å². The van der Waals surface area contributed by atoms with Gasteiger partial charge >= 0.3 is 0 Å². The van der Waals surface area contributed by atoms with Crippen LogP contribution in [0, 0.1) is 5.82 Å². The van der Waals surface area contributed by atoms with Crippen LogP contribution in [0.4, 0.5) is 4.39 Å². The van der Waals surface area contributed by atoms with Crippen molar-refractivity contribution < 1.29 is 13.6 Å². The number of furan rings is 1. The molecule has 0 bridgehead atoms. The first-order valence-corrected chi connectivity index (χ1v) is 5.78. The molecule has 1 fully saturated rings. The summed E-state index contributed by atoms with van der Waals surface area (Å²) in [7, 11) is 0. The second-order valence-corrected chi connectivity index (χ2v) is 5.07. The van der Waals surface area contributed by atoms with Gasteiger partial charge in [0.1, 0.15) is 22.9 Å². The minimum Gasteiger partial charge on any atom is -0.460 e. The molecular weight excluding hydrogens is 219 g/mol.